The number of ether oxygens (including phenoxy) is 2. The highest BCUT2D eigenvalue weighted by Gasteiger charge is 2.03. The zero-order valence-electron chi connectivity index (χ0n) is 17.7. The summed E-state index contributed by atoms with van der Waals surface area (Å²) in [6, 6.07) is 16.4. The molecule has 0 saturated heterocycles. The molecule has 6 nitrogen and oxygen atoms in total. The van der Waals surface area contributed by atoms with Crippen molar-refractivity contribution in [1.29, 1.82) is 5.26 Å². The molecule has 2 rings (SSSR count). The fraction of sp³-hybridized carbons (Fsp3) is 0.417. The molecular formula is C24H29N3O3. The second kappa shape index (κ2) is 13.1. The summed E-state index contributed by atoms with van der Waals surface area (Å²) in [5, 5.41) is 17.1. The average molecular weight is 408 g/mol. The minimum Gasteiger partial charge on any atom is -0.494 e. The number of carbonyl (C=O) groups is 1. The molecule has 0 amide bonds. The molecule has 0 aliphatic carbocycles. The van der Waals surface area contributed by atoms with Gasteiger partial charge in [0, 0.05) is 6.42 Å². The molecule has 0 aliphatic heterocycles. The van der Waals surface area contributed by atoms with E-state index in [2.05, 4.69) is 30.1 Å². The van der Waals surface area contributed by atoms with Crippen LogP contribution >= 0.6 is 0 Å². The normalized spacial score (nSPS) is 10.9. The van der Waals surface area contributed by atoms with Crippen LogP contribution in [0, 0.1) is 17.2 Å². The Morgan fingerprint density at radius 3 is 2.17 bits per heavy atom. The number of nitriles is 1. The van der Waals surface area contributed by atoms with E-state index in [1.54, 1.807) is 24.3 Å². The van der Waals surface area contributed by atoms with Gasteiger partial charge in [-0.1, -0.05) is 13.8 Å². The van der Waals surface area contributed by atoms with Gasteiger partial charge in [-0.15, -0.1) is 0 Å². The minimum absolute atomic E-state index is 0.109. The lowest BCUT2D eigenvalue weighted by molar-refractivity contribution is -0.144. The van der Waals surface area contributed by atoms with Crippen molar-refractivity contribution in [3.8, 4) is 11.8 Å². The van der Waals surface area contributed by atoms with Gasteiger partial charge in [0.1, 0.15) is 5.75 Å². The fourth-order valence-corrected chi connectivity index (χ4v) is 2.55. The summed E-state index contributed by atoms with van der Waals surface area (Å²) in [5.41, 5.74) is 2.01. The van der Waals surface area contributed by atoms with Crippen LogP contribution in [0.2, 0.25) is 0 Å². The zero-order chi connectivity index (χ0) is 21.6. The van der Waals surface area contributed by atoms with Gasteiger partial charge in [-0.3, -0.25) is 4.79 Å². The van der Waals surface area contributed by atoms with Crippen LogP contribution in [0.15, 0.2) is 58.8 Å². The van der Waals surface area contributed by atoms with Gasteiger partial charge in [0.15, 0.2) is 0 Å². The molecule has 0 bridgehead atoms. The first kappa shape index (κ1) is 23.1. The molecular weight excluding hydrogens is 378 g/mol. The number of hydrogen-bond donors (Lipinski definition) is 0. The van der Waals surface area contributed by atoms with Crippen molar-refractivity contribution >= 4 is 17.3 Å². The average Bonchev–Trinajstić information content (AvgIpc) is 2.75. The van der Waals surface area contributed by atoms with Crippen LogP contribution in [0.25, 0.3) is 0 Å². The van der Waals surface area contributed by atoms with Gasteiger partial charge in [0.05, 0.1) is 36.2 Å². The van der Waals surface area contributed by atoms with E-state index in [1.807, 2.05) is 24.3 Å². The van der Waals surface area contributed by atoms with E-state index in [4.69, 9.17) is 14.7 Å². The molecule has 2 aromatic carbocycles. The van der Waals surface area contributed by atoms with Crippen molar-refractivity contribution in [3.63, 3.8) is 0 Å². The second-order valence-corrected chi connectivity index (χ2v) is 7.41. The van der Waals surface area contributed by atoms with Crippen molar-refractivity contribution in [1.82, 2.24) is 0 Å². The number of unbranched alkanes of at least 4 members (excludes halogenated alkanes) is 2. The smallest absolute Gasteiger partial charge is 0.305 e. The number of benzene rings is 2. The number of carbonyl (C=O) groups excluding carboxylic acids is 1. The lowest BCUT2D eigenvalue weighted by atomic mass is 10.1. The predicted octanol–water partition coefficient (Wildman–Crippen LogP) is 6.50. The molecule has 0 fully saturated rings. The summed E-state index contributed by atoms with van der Waals surface area (Å²) in [6.07, 6.45) is 4.01. The number of azo groups is 1. The SMILES string of the molecule is CC(C)CCOC(=O)CCCCCOc1ccc(N=Nc2ccc(C#N)cc2)cc1. The molecule has 0 atom stereocenters. The summed E-state index contributed by atoms with van der Waals surface area (Å²) in [6.45, 7) is 5.35. The van der Waals surface area contributed by atoms with E-state index in [0.717, 1.165) is 37.1 Å². The Labute approximate surface area is 178 Å². The van der Waals surface area contributed by atoms with Crippen LogP contribution in [-0.2, 0) is 9.53 Å². The lowest BCUT2D eigenvalue weighted by Gasteiger charge is -2.07. The molecule has 0 radical (unpaired) electrons. The predicted molar refractivity (Wildman–Crippen MR) is 116 cm³/mol. The summed E-state index contributed by atoms with van der Waals surface area (Å²) in [7, 11) is 0. The summed E-state index contributed by atoms with van der Waals surface area (Å²) >= 11 is 0. The van der Waals surface area contributed by atoms with Crippen molar-refractivity contribution in [2.24, 2.45) is 16.1 Å². The highest BCUT2D eigenvalue weighted by Crippen LogP contribution is 2.21. The van der Waals surface area contributed by atoms with E-state index in [-0.39, 0.29) is 5.97 Å². The van der Waals surface area contributed by atoms with Crippen molar-refractivity contribution in [2.45, 2.75) is 46.0 Å². The molecule has 0 heterocycles. The van der Waals surface area contributed by atoms with E-state index in [1.165, 1.54) is 0 Å². The highest BCUT2D eigenvalue weighted by atomic mass is 16.5. The number of nitrogens with zero attached hydrogens (tertiary/aromatic N) is 3. The van der Waals surface area contributed by atoms with Gasteiger partial charge in [0.25, 0.3) is 0 Å². The molecule has 0 N–H and O–H groups in total. The summed E-state index contributed by atoms with van der Waals surface area (Å²) in [4.78, 5) is 11.6. The first-order valence-electron chi connectivity index (χ1n) is 10.4. The van der Waals surface area contributed by atoms with Crippen LogP contribution in [0.4, 0.5) is 11.4 Å². The van der Waals surface area contributed by atoms with Gasteiger partial charge in [-0.2, -0.15) is 15.5 Å². The van der Waals surface area contributed by atoms with E-state index in [0.29, 0.717) is 36.8 Å². The Balaban J connectivity index is 1.61. The Morgan fingerprint density at radius 1 is 0.933 bits per heavy atom. The first-order chi connectivity index (χ1) is 14.6. The minimum atomic E-state index is -0.109. The maximum atomic E-state index is 11.6. The van der Waals surface area contributed by atoms with E-state index in [9.17, 15) is 4.79 Å². The van der Waals surface area contributed by atoms with Crippen LogP contribution in [0.1, 0.15) is 51.5 Å². The van der Waals surface area contributed by atoms with E-state index < -0.39 is 0 Å². The maximum Gasteiger partial charge on any atom is 0.305 e. The second-order valence-electron chi connectivity index (χ2n) is 7.41. The van der Waals surface area contributed by atoms with Gasteiger partial charge in [-0.05, 0) is 80.1 Å². The third kappa shape index (κ3) is 9.33. The molecule has 2 aromatic rings. The summed E-state index contributed by atoms with van der Waals surface area (Å²) in [5.74, 6) is 1.22. The molecule has 0 saturated carbocycles. The van der Waals surface area contributed by atoms with Crippen molar-refractivity contribution in [2.75, 3.05) is 13.2 Å². The fourth-order valence-electron chi connectivity index (χ4n) is 2.55. The topological polar surface area (TPSA) is 84.0 Å². The highest BCUT2D eigenvalue weighted by molar-refractivity contribution is 5.69. The number of esters is 1. The standard InChI is InChI=1S/C24H29N3O3/c1-19(2)15-17-30-24(28)6-4-3-5-16-29-23-13-11-22(12-14-23)27-26-21-9-7-20(18-25)8-10-21/h7-14,19H,3-6,15-17H2,1-2H3. The third-order valence-corrected chi connectivity index (χ3v) is 4.37. The third-order valence-electron chi connectivity index (χ3n) is 4.37. The number of rotatable bonds is 12. The lowest BCUT2D eigenvalue weighted by Crippen LogP contribution is -2.07. The summed E-state index contributed by atoms with van der Waals surface area (Å²) < 4.78 is 10.9. The maximum absolute atomic E-state index is 11.6. The van der Waals surface area contributed by atoms with Gasteiger partial charge < -0.3 is 9.47 Å². The van der Waals surface area contributed by atoms with Gasteiger partial charge in [-0.25, -0.2) is 0 Å². The van der Waals surface area contributed by atoms with E-state index >= 15 is 0 Å². The van der Waals surface area contributed by atoms with Crippen LogP contribution in [0.3, 0.4) is 0 Å². The van der Waals surface area contributed by atoms with Crippen molar-refractivity contribution < 1.29 is 14.3 Å². The van der Waals surface area contributed by atoms with Crippen LogP contribution in [0.5, 0.6) is 5.75 Å². The zero-order valence-corrected chi connectivity index (χ0v) is 17.7. The van der Waals surface area contributed by atoms with Crippen LogP contribution in [-0.4, -0.2) is 19.2 Å². The van der Waals surface area contributed by atoms with Gasteiger partial charge >= 0.3 is 5.97 Å². The Kier molecular flexibility index (Phi) is 10.1. The molecule has 30 heavy (non-hydrogen) atoms. The monoisotopic (exact) mass is 407 g/mol. The Bertz CT molecular complexity index is 837. The number of hydrogen-bond acceptors (Lipinski definition) is 6. The molecule has 0 spiro atoms. The van der Waals surface area contributed by atoms with Gasteiger partial charge in [0.2, 0.25) is 0 Å². The molecule has 158 valence electrons. The van der Waals surface area contributed by atoms with Crippen LogP contribution < -0.4 is 4.74 Å². The quantitative estimate of drug-likeness (QED) is 0.228. The molecule has 0 unspecified atom stereocenters. The first-order valence-corrected chi connectivity index (χ1v) is 10.4. The Hall–Kier alpha value is -3.20. The molecule has 0 aromatic heterocycles. The largest absolute Gasteiger partial charge is 0.494 e. The Morgan fingerprint density at radius 2 is 1.57 bits per heavy atom. The van der Waals surface area contributed by atoms with Crippen molar-refractivity contribution in [3.05, 3.63) is 54.1 Å². The molecule has 6 heteroatoms. The molecule has 0 aliphatic rings.